The van der Waals surface area contributed by atoms with Crippen molar-refractivity contribution in [3.63, 3.8) is 0 Å². The molecular weight excluding hydrogens is 250 g/mol. The van der Waals surface area contributed by atoms with Gasteiger partial charge in [-0.05, 0) is 41.1 Å². The molecule has 0 fully saturated rings. The number of hydrogen-bond acceptors (Lipinski definition) is 2. The standard InChI is InChI=1S/C14H14ClNS/c15-13-3-1-11(2-4-13)9-16-7-5-14-12(10-16)6-8-17-14/h1-4,6,8H,5,7,9-10H2. The molecule has 0 radical (unpaired) electrons. The molecule has 1 aliphatic rings. The third kappa shape index (κ3) is 2.54. The van der Waals surface area contributed by atoms with Gasteiger partial charge in [0.15, 0.2) is 0 Å². The summed E-state index contributed by atoms with van der Waals surface area (Å²) in [6.45, 7) is 3.27. The summed E-state index contributed by atoms with van der Waals surface area (Å²) in [6, 6.07) is 10.4. The summed E-state index contributed by atoms with van der Waals surface area (Å²) in [7, 11) is 0. The minimum absolute atomic E-state index is 0.813. The second kappa shape index (κ2) is 4.81. The van der Waals surface area contributed by atoms with Crippen LogP contribution in [-0.2, 0) is 19.5 Å². The van der Waals surface area contributed by atoms with Gasteiger partial charge in [0.05, 0.1) is 0 Å². The number of halogens is 1. The van der Waals surface area contributed by atoms with Gasteiger partial charge in [-0.3, -0.25) is 4.90 Å². The molecule has 0 spiro atoms. The summed E-state index contributed by atoms with van der Waals surface area (Å²) in [5.74, 6) is 0. The topological polar surface area (TPSA) is 3.24 Å². The largest absolute Gasteiger partial charge is 0.294 e. The lowest BCUT2D eigenvalue weighted by molar-refractivity contribution is 0.247. The van der Waals surface area contributed by atoms with E-state index in [-0.39, 0.29) is 0 Å². The van der Waals surface area contributed by atoms with E-state index in [4.69, 9.17) is 11.6 Å². The Morgan fingerprint density at radius 1 is 1.18 bits per heavy atom. The number of benzene rings is 1. The maximum absolute atomic E-state index is 5.89. The van der Waals surface area contributed by atoms with Crippen LogP contribution in [0.3, 0.4) is 0 Å². The van der Waals surface area contributed by atoms with Crippen molar-refractivity contribution in [2.75, 3.05) is 6.54 Å². The molecule has 0 saturated heterocycles. The summed E-state index contributed by atoms with van der Waals surface area (Å²) in [5, 5.41) is 3.02. The lowest BCUT2D eigenvalue weighted by atomic mass is 10.1. The molecule has 0 atom stereocenters. The quantitative estimate of drug-likeness (QED) is 0.793. The highest BCUT2D eigenvalue weighted by Crippen LogP contribution is 2.25. The molecular formula is C14H14ClNS. The minimum atomic E-state index is 0.813. The van der Waals surface area contributed by atoms with E-state index in [1.807, 2.05) is 23.5 Å². The zero-order valence-corrected chi connectivity index (χ0v) is 11.1. The second-order valence-electron chi connectivity index (χ2n) is 4.46. The third-order valence-corrected chi connectivity index (χ3v) is 4.48. The van der Waals surface area contributed by atoms with E-state index in [1.165, 1.54) is 17.5 Å². The summed E-state index contributed by atoms with van der Waals surface area (Å²) in [4.78, 5) is 4.07. The Bertz CT molecular complexity index is 503. The molecule has 2 aromatic rings. The molecule has 0 bridgehead atoms. The van der Waals surface area contributed by atoms with E-state index in [1.54, 1.807) is 4.88 Å². The highest BCUT2D eigenvalue weighted by Gasteiger charge is 2.16. The lowest BCUT2D eigenvalue weighted by Crippen LogP contribution is -2.29. The summed E-state index contributed by atoms with van der Waals surface area (Å²) in [5.41, 5.74) is 2.85. The van der Waals surface area contributed by atoms with Crippen LogP contribution in [0.5, 0.6) is 0 Å². The normalized spacial score (nSPS) is 15.8. The Morgan fingerprint density at radius 2 is 2.00 bits per heavy atom. The molecule has 1 aromatic heterocycles. The van der Waals surface area contributed by atoms with Gasteiger partial charge in [-0.2, -0.15) is 0 Å². The smallest absolute Gasteiger partial charge is 0.0406 e. The van der Waals surface area contributed by atoms with E-state index < -0.39 is 0 Å². The maximum atomic E-state index is 5.89. The van der Waals surface area contributed by atoms with Crippen LogP contribution in [0.25, 0.3) is 0 Å². The van der Waals surface area contributed by atoms with Gasteiger partial charge in [0.1, 0.15) is 0 Å². The van der Waals surface area contributed by atoms with Crippen LogP contribution in [-0.4, -0.2) is 11.4 Å². The van der Waals surface area contributed by atoms with Crippen molar-refractivity contribution in [2.45, 2.75) is 19.5 Å². The first kappa shape index (κ1) is 11.3. The predicted octanol–water partition coefficient (Wildman–Crippen LogP) is 3.96. The van der Waals surface area contributed by atoms with Crippen LogP contribution >= 0.6 is 22.9 Å². The van der Waals surface area contributed by atoms with Gasteiger partial charge >= 0.3 is 0 Å². The molecule has 0 saturated carbocycles. The van der Waals surface area contributed by atoms with Crippen molar-refractivity contribution in [2.24, 2.45) is 0 Å². The Labute approximate surface area is 111 Å². The van der Waals surface area contributed by atoms with Gasteiger partial charge in [-0.15, -0.1) is 11.3 Å². The van der Waals surface area contributed by atoms with Gasteiger partial charge in [0.2, 0.25) is 0 Å². The molecule has 0 N–H and O–H groups in total. The number of rotatable bonds is 2. The fourth-order valence-electron chi connectivity index (χ4n) is 2.29. The minimum Gasteiger partial charge on any atom is -0.294 e. The van der Waals surface area contributed by atoms with Crippen LogP contribution < -0.4 is 0 Å². The van der Waals surface area contributed by atoms with Crippen LogP contribution in [0.4, 0.5) is 0 Å². The van der Waals surface area contributed by atoms with Crippen LogP contribution in [0, 0.1) is 0 Å². The molecule has 1 nitrogen and oxygen atoms in total. The lowest BCUT2D eigenvalue weighted by Gasteiger charge is -2.26. The summed E-state index contributed by atoms with van der Waals surface area (Å²) in [6.07, 6.45) is 1.20. The van der Waals surface area contributed by atoms with Crippen molar-refractivity contribution in [3.05, 3.63) is 56.7 Å². The predicted molar refractivity (Wildman–Crippen MR) is 73.6 cm³/mol. The number of fused-ring (bicyclic) bond motifs is 1. The van der Waals surface area contributed by atoms with E-state index in [9.17, 15) is 0 Å². The summed E-state index contributed by atoms with van der Waals surface area (Å²) >= 11 is 7.79. The fraction of sp³-hybridized carbons (Fsp3) is 0.286. The van der Waals surface area contributed by atoms with Crippen molar-refractivity contribution in [1.29, 1.82) is 0 Å². The van der Waals surface area contributed by atoms with Gasteiger partial charge in [0.25, 0.3) is 0 Å². The first-order chi connectivity index (χ1) is 8.31. The number of nitrogens with zero attached hydrogens (tertiary/aromatic N) is 1. The Hall–Kier alpha value is -0.830. The molecule has 1 aliphatic heterocycles. The molecule has 88 valence electrons. The number of thiophene rings is 1. The van der Waals surface area contributed by atoms with Gasteiger partial charge in [-0.25, -0.2) is 0 Å². The molecule has 0 amide bonds. The molecule has 3 heteroatoms. The monoisotopic (exact) mass is 263 g/mol. The molecule has 3 rings (SSSR count). The fourth-order valence-corrected chi connectivity index (χ4v) is 3.31. The Kier molecular flexibility index (Phi) is 3.19. The highest BCUT2D eigenvalue weighted by atomic mass is 35.5. The molecule has 17 heavy (non-hydrogen) atoms. The molecule has 1 aromatic carbocycles. The van der Waals surface area contributed by atoms with Gasteiger partial charge in [0, 0.05) is 29.5 Å². The third-order valence-electron chi connectivity index (χ3n) is 3.21. The Balaban J connectivity index is 1.69. The maximum Gasteiger partial charge on any atom is 0.0406 e. The van der Waals surface area contributed by atoms with E-state index in [0.29, 0.717) is 0 Å². The van der Waals surface area contributed by atoms with Crippen LogP contribution in [0.1, 0.15) is 16.0 Å². The van der Waals surface area contributed by atoms with Crippen molar-refractivity contribution < 1.29 is 0 Å². The SMILES string of the molecule is Clc1ccc(CN2CCc3sccc3C2)cc1. The van der Waals surface area contributed by atoms with Crippen LogP contribution in [0.2, 0.25) is 5.02 Å². The Morgan fingerprint density at radius 3 is 2.82 bits per heavy atom. The van der Waals surface area contributed by atoms with Crippen molar-refractivity contribution >= 4 is 22.9 Å². The summed E-state index contributed by atoms with van der Waals surface area (Å²) < 4.78 is 0. The first-order valence-electron chi connectivity index (χ1n) is 5.83. The van der Waals surface area contributed by atoms with Gasteiger partial charge < -0.3 is 0 Å². The average molecular weight is 264 g/mol. The van der Waals surface area contributed by atoms with Gasteiger partial charge in [-0.1, -0.05) is 23.7 Å². The molecule has 0 aliphatic carbocycles. The van der Waals surface area contributed by atoms with Crippen LogP contribution in [0.15, 0.2) is 35.7 Å². The number of hydrogen-bond donors (Lipinski definition) is 0. The first-order valence-corrected chi connectivity index (χ1v) is 7.09. The molecule has 0 unspecified atom stereocenters. The zero-order valence-electron chi connectivity index (χ0n) is 9.53. The zero-order chi connectivity index (χ0) is 11.7. The van der Waals surface area contributed by atoms with Crippen molar-refractivity contribution in [3.8, 4) is 0 Å². The van der Waals surface area contributed by atoms with E-state index in [2.05, 4.69) is 28.5 Å². The highest BCUT2D eigenvalue weighted by molar-refractivity contribution is 7.10. The second-order valence-corrected chi connectivity index (χ2v) is 5.89. The van der Waals surface area contributed by atoms with Crippen molar-refractivity contribution in [1.82, 2.24) is 4.90 Å². The average Bonchev–Trinajstić information content (AvgIpc) is 2.79. The van der Waals surface area contributed by atoms with E-state index >= 15 is 0 Å². The van der Waals surface area contributed by atoms with E-state index in [0.717, 1.165) is 24.7 Å². The molecule has 2 heterocycles.